The topological polar surface area (TPSA) is 44.5 Å². The van der Waals surface area contributed by atoms with Crippen LogP contribution in [0.4, 0.5) is 0 Å². The van der Waals surface area contributed by atoms with Crippen LogP contribution >= 0.6 is 0 Å². The minimum absolute atomic E-state index is 0.776. The average Bonchev–Trinajstić information content (AvgIpc) is 2.68. The van der Waals surface area contributed by atoms with Crippen LogP contribution in [0.2, 0.25) is 0 Å². The predicted octanol–water partition coefficient (Wildman–Crippen LogP) is 2.36. The summed E-state index contributed by atoms with van der Waals surface area (Å²) in [5.74, 6) is 0.868. The van der Waals surface area contributed by atoms with Gasteiger partial charge in [0.15, 0.2) is 0 Å². The van der Waals surface area contributed by atoms with E-state index in [9.17, 15) is 0 Å². The van der Waals surface area contributed by atoms with Gasteiger partial charge in [0.1, 0.15) is 5.76 Å². The summed E-state index contributed by atoms with van der Waals surface area (Å²) in [6.07, 6.45) is 2.88. The van der Waals surface area contributed by atoms with Gasteiger partial charge in [0.2, 0.25) is 0 Å². The van der Waals surface area contributed by atoms with Crippen LogP contribution in [0.1, 0.15) is 31.2 Å². The van der Waals surface area contributed by atoms with E-state index >= 15 is 0 Å². The second-order valence-electron chi connectivity index (χ2n) is 3.70. The van der Waals surface area contributed by atoms with E-state index in [2.05, 4.69) is 5.16 Å². The third-order valence-electron chi connectivity index (χ3n) is 2.18. The Kier molecular flexibility index (Phi) is 6.85. The van der Waals surface area contributed by atoms with E-state index in [0.29, 0.717) is 0 Å². The van der Waals surface area contributed by atoms with Crippen molar-refractivity contribution in [3.8, 4) is 0 Å². The Hall–Kier alpha value is -0.870. The van der Waals surface area contributed by atoms with Gasteiger partial charge in [0.05, 0.1) is 5.69 Å². The molecule has 92 valence electrons. The molecule has 1 rings (SSSR count). The smallest absolute Gasteiger partial charge is 0.133 e. The summed E-state index contributed by atoms with van der Waals surface area (Å²) in [5, 5.41) is 3.92. The summed E-state index contributed by atoms with van der Waals surface area (Å²) in [4.78, 5) is 0. The van der Waals surface area contributed by atoms with Crippen molar-refractivity contribution in [2.24, 2.45) is 0 Å². The first-order valence-corrected chi connectivity index (χ1v) is 5.90. The lowest BCUT2D eigenvalue weighted by atomic mass is 10.2. The molecule has 0 aromatic carbocycles. The van der Waals surface area contributed by atoms with Crippen LogP contribution in [-0.4, -0.2) is 31.6 Å². The maximum Gasteiger partial charge on any atom is 0.133 e. The molecule has 0 saturated heterocycles. The number of rotatable bonds is 9. The van der Waals surface area contributed by atoms with Crippen molar-refractivity contribution >= 4 is 0 Å². The van der Waals surface area contributed by atoms with Gasteiger partial charge < -0.3 is 14.0 Å². The van der Waals surface area contributed by atoms with E-state index in [1.165, 1.54) is 0 Å². The van der Waals surface area contributed by atoms with E-state index in [-0.39, 0.29) is 0 Å². The van der Waals surface area contributed by atoms with Gasteiger partial charge in [-0.25, -0.2) is 0 Å². The third kappa shape index (κ3) is 5.88. The van der Waals surface area contributed by atoms with Crippen LogP contribution in [-0.2, 0) is 15.9 Å². The molecule has 0 aliphatic rings. The summed E-state index contributed by atoms with van der Waals surface area (Å²) < 4.78 is 15.7. The molecule has 4 heteroatoms. The van der Waals surface area contributed by atoms with Gasteiger partial charge in [0.25, 0.3) is 0 Å². The van der Waals surface area contributed by atoms with E-state index in [0.717, 1.165) is 57.1 Å². The summed E-state index contributed by atoms with van der Waals surface area (Å²) in [7, 11) is 0. The first-order valence-electron chi connectivity index (χ1n) is 5.90. The molecule has 0 N–H and O–H groups in total. The second-order valence-corrected chi connectivity index (χ2v) is 3.70. The SMILES string of the molecule is CCOCCCOCCCc1cc(C)on1. The summed E-state index contributed by atoms with van der Waals surface area (Å²) in [6.45, 7) is 7.03. The number of hydrogen-bond donors (Lipinski definition) is 0. The third-order valence-corrected chi connectivity index (χ3v) is 2.18. The molecule has 4 nitrogen and oxygen atoms in total. The Morgan fingerprint density at radius 3 is 2.62 bits per heavy atom. The van der Waals surface area contributed by atoms with E-state index in [1.54, 1.807) is 0 Å². The van der Waals surface area contributed by atoms with Gasteiger partial charge >= 0.3 is 0 Å². The average molecular weight is 227 g/mol. The number of hydrogen-bond acceptors (Lipinski definition) is 4. The molecule has 0 aliphatic heterocycles. The standard InChI is InChI=1S/C12H21NO3/c1-3-14-8-5-9-15-7-4-6-12-10-11(2)16-13-12/h10H,3-9H2,1-2H3. The normalized spacial score (nSPS) is 10.9. The van der Waals surface area contributed by atoms with Gasteiger partial charge in [-0.2, -0.15) is 0 Å². The largest absolute Gasteiger partial charge is 0.382 e. The van der Waals surface area contributed by atoms with Gasteiger partial charge in [-0.15, -0.1) is 0 Å². The van der Waals surface area contributed by atoms with E-state index < -0.39 is 0 Å². The fraction of sp³-hybridized carbons (Fsp3) is 0.750. The lowest BCUT2D eigenvalue weighted by Gasteiger charge is -2.03. The van der Waals surface area contributed by atoms with Crippen LogP contribution in [0.3, 0.4) is 0 Å². The molecule has 16 heavy (non-hydrogen) atoms. The number of nitrogens with zero attached hydrogens (tertiary/aromatic N) is 1. The van der Waals surface area contributed by atoms with E-state index in [1.807, 2.05) is 19.9 Å². The molecule has 0 aliphatic carbocycles. The maximum atomic E-state index is 5.47. The lowest BCUT2D eigenvalue weighted by molar-refractivity contribution is 0.0868. The van der Waals surface area contributed by atoms with Crippen LogP contribution in [0, 0.1) is 6.92 Å². The Balaban J connectivity index is 1.88. The molecule has 0 radical (unpaired) electrons. The van der Waals surface area contributed by atoms with Crippen molar-refractivity contribution in [2.45, 2.75) is 33.1 Å². The predicted molar refractivity (Wildman–Crippen MR) is 61.5 cm³/mol. The van der Waals surface area contributed by atoms with Crippen molar-refractivity contribution in [1.82, 2.24) is 5.16 Å². The highest BCUT2D eigenvalue weighted by Crippen LogP contribution is 2.04. The summed E-state index contributed by atoms with van der Waals surface area (Å²) in [5.41, 5.74) is 1.01. The van der Waals surface area contributed by atoms with E-state index in [4.69, 9.17) is 14.0 Å². The van der Waals surface area contributed by atoms with Crippen molar-refractivity contribution in [1.29, 1.82) is 0 Å². The highest BCUT2D eigenvalue weighted by Gasteiger charge is 1.99. The van der Waals surface area contributed by atoms with Crippen molar-refractivity contribution < 1.29 is 14.0 Å². The zero-order valence-corrected chi connectivity index (χ0v) is 10.2. The zero-order chi connectivity index (χ0) is 11.6. The molecule has 0 fully saturated rings. The molecule has 1 heterocycles. The fourth-order valence-corrected chi connectivity index (χ4v) is 1.40. The Labute approximate surface area is 96.9 Å². The van der Waals surface area contributed by atoms with Crippen molar-refractivity contribution in [2.75, 3.05) is 26.4 Å². The molecule has 1 aromatic rings. The number of aryl methyl sites for hydroxylation is 2. The quantitative estimate of drug-likeness (QED) is 0.607. The van der Waals surface area contributed by atoms with Crippen LogP contribution < -0.4 is 0 Å². The lowest BCUT2D eigenvalue weighted by Crippen LogP contribution is -2.02. The molecular formula is C12H21NO3. The first kappa shape index (κ1) is 13.2. The van der Waals surface area contributed by atoms with Gasteiger partial charge in [-0.1, -0.05) is 5.16 Å². The van der Waals surface area contributed by atoms with Crippen LogP contribution in [0.25, 0.3) is 0 Å². The minimum atomic E-state index is 0.776. The monoisotopic (exact) mass is 227 g/mol. The Morgan fingerprint density at radius 1 is 1.19 bits per heavy atom. The highest BCUT2D eigenvalue weighted by atomic mass is 16.5. The van der Waals surface area contributed by atoms with Crippen LogP contribution in [0.5, 0.6) is 0 Å². The van der Waals surface area contributed by atoms with Crippen LogP contribution in [0.15, 0.2) is 10.6 Å². The van der Waals surface area contributed by atoms with Gasteiger partial charge in [-0.3, -0.25) is 0 Å². The second kappa shape index (κ2) is 8.30. The molecule has 0 spiro atoms. The Bertz CT molecular complexity index is 273. The summed E-state index contributed by atoms with van der Waals surface area (Å²) >= 11 is 0. The summed E-state index contributed by atoms with van der Waals surface area (Å²) in [6, 6.07) is 1.97. The molecule has 0 atom stereocenters. The minimum Gasteiger partial charge on any atom is -0.382 e. The molecular weight excluding hydrogens is 206 g/mol. The fourth-order valence-electron chi connectivity index (χ4n) is 1.40. The van der Waals surface area contributed by atoms with Crippen molar-refractivity contribution in [3.63, 3.8) is 0 Å². The van der Waals surface area contributed by atoms with Gasteiger partial charge in [-0.05, 0) is 33.1 Å². The molecule has 1 aromatic heterocycles. The molecule has 0 amide bonds. The van der Waals surface area contributed by atoms with Gasteiger partial charge in [0, 0.05) is 32.5 Å². The highest BCUT2D eigenvalue weighted by molar-refractivity contribution is 5.03. The molecule has 0 saturated carbocycles. The zero-order valence-electron chi connectivity index (χ0n) is 10.2. The Morgan fingerprint density at radius 2 is 1.94 bits per heavy atom. The molecule has 0 bridgehead atoms. The molecule has 0 unspecified atom stereocenters. The van der Waals surface area contributed by atoms with Crippen molar-refractivity contribution in [3.05, 3.63) is 17.5 Å². The number of ether oxygens (including phenoxy) is 2. The first-order chi connectivity index (χ1) is 7.83. The maximum absolute atomic E-state index is 5.47. The number of aromatic nitrogens is 1.